The molecule has 1 aliphatic rings. The minimum Gasteiger partial charge on any atom is -0.312 e. The van der Waals surface area contributed by atoms with Crippen molar-refractivity contribution in [3.05, 3.63) is 43.0 Å². The van der Waals surface area contributed by atoms with Crippen LogP contribution in [0.15, 0.2) is 43.0 Å². The number of amides is 1. The van der Waals surface area contributed by atoms with Gasteiger partial charge >= 0.3 is 0 Å². The van der Waals surface area contributed by atoms with Gasteiger partial charge in [0.1, 0.15) is 0 Å². The van der Waals surface area contributed by atoms with E-state index in [0.29, 0.717) is 11.8 Å². The lowest BCUT2D eigenvalue weighted by Crippen LogP contribution is -2.28. The Morgan fingerprint density at radius 1 is 1.29 bits per heavy atom. The van der Waals surface area contributed by atoms with Gasteiger partial charge in [0, 0.05) is 18.2 Å². The highest BCUT2D eigenvalue weighted by Gasteiger charge is 2.41. The largest absolute Gasteiger partial charge is 0.312 e. The molecule has 0 radical (unpaired) electrons. The molecule has 1 aromatic carbocycles. The Morgan fingerprint density at radius 3 is 2.52 bits per heavy atom. The van der Waals surface area contributed by atoms with Crippen molar-refractivity contribution in [2.24, 2.45) is 17.3 Å². The highest BCUT2D eigenvalue weighted by atomic mass is 16.2. The highest BCUT2D eigenvalue weighted by molar-refractivity contribution is 5.97. The van der Waals surface area contributed by atoms with E-state index < -0.39 is 0 Å². The van der Waals surface area contributed by atoms with Gasteiger partial charge in [0.2, 0.25) is 5.91 Å². The first kappa shape index (κ1) is 15.8. The van der Waals surface area contributed by atoms with Crippen LogP contribution in [-0.2, 0) is 4.79 Å². The Labute approximate surface area is 128 Å². The van der Waals surface area contributed by atoms with Crippen LogP contribution < -0.4 is 4.90 Å². The molecule has 0 saturated carbocycles. The van der Waals surface area contributed by atoms with E-state index >= 15 is 0 Å². The molecule has 1 aromatic rings. The molecule has 2 rings (SSSR count). The Hall–Kier alpha value is -1.57. The zero-order valence-electron chi connectivity index (χ0n) is 13.5. The summed E-state index contributed by atoms with van der Waals surface area (Å²) in [5.41, 5.74) is 1.21. The van der Waals surface area contributed by atoms with Gasteiger partial charge < -0.3 is 4.90 Å². The number of benzene rings is 1. The Kier molecular flexibility index (Phi) is 4.87. The van der Waals surface area contributed by atoms with Gasteiger partial charge in [-0.3, -0.25) is 4.79 Å². The van der Waals surface area contributed by atoms with Crippen molar-refractivity contribution < 1.29 is 4.79 Å². The molecule has 1 amide bonds. The minimum absolute atomic E-state index is 0.144. The first-order valence-electron chi connectivity index (χ1n) is 7.90. The molecule has 0 aliphatic carbocycles. The molecule has 1 fully saturated rings. The van der Waals surface area contributed by atoms with Gasteiger partial charge in [0.15, 0.2) is 0 Å². The number of carbonyl (C=O) groups excluding carboxylic acids is 1. The SMILES string of the molecule is C=CCC[C@@H]1CN(c2ccccc2)C(=O)[C@H]1CC(C)(C)C. The standard InChI is InChI=1S/C19H27NO/c1-5-6-10-15-14-20(16-11-8-7-9-12-16)18(21)17(15)13-19(2,3)4/h5,7-9,11-12,15,17H,1,6,10,13-14H2,2-4H3/t15-,17+/m1/s1. The smallest absolute Gasteiger partial charge is 0.230 e. The summed E-state index contributed by atoms with van der Waals surface area (Å²) < 4.78 is 0. The van der Waals surface area contributed by atoms with Crippen molar-refractivity contribution in [2.45, 2.75) is 40.0 Å². The molecule has 0 bridgehead atoms. The van der Waals surface area contributed by atoms with E-state index in [2.05, 4.69) is 27.4 Å². The molecule has 0 aromatic heterocycles. The highest BCUT2D eigenvalue weighted by Crippen LogP contribution is 2.39. The number of hydrogen-bond acceptors (Lipinski definition) is 1. The first-order valence-corrected chi connectivity index (χ1v) is 7.90. The van der Waals surface area contributed by atoms with E-state index in [-0.39, 0.29) is 11.3 Å². The van der Waals surface area contributed by atoms with Crippen LogP contribution in [0.1, 0.15) is 40.0 Å². The van der Waals surface area contributed by atoms with Gasteiger partial charge in [-0.1, -0.05) is 45.0 Å². The van der Waals surface area contributed by atoms with Gasteiger partial charge in [-0.05, 0) is 42.7 Å². The number of rotatable bonds is 5. The average Bonchev–Trinajstić information content (AvgIpc) is 2.73. The summed E-state index contributed by atoms with van der Waals surface area (Å²) in [6.45, 7) is 11.3. The summed E-state index contributed by atoms with van der Waals surface area (Å²) in [4.78, 5) is 14.8. The monoisotopic (exact) mass is 285 g/mol. The topological polar surface area (TPSA) is 20.3 Å². The normalized spacial score (nSPS) is 22.6. The summed E-state index contributed by atoms with van der Waals surface area (Å²) in [7, 11) is 0. The molecule has 1 heterocycles. The number of nitrogens with zero attached hydrogens (tertiary/aromatic N) is 1. The molecule has 2 atom stereocenters. The maximum absolute atomic E-state index is 12.9. The predicted octanol–water partition coefficient (Wildman–Crippen LogP) is 4.67. The van der Waals surface area contributed by atoms with Gasteiger partial charge in [0.05, 0.1) is 0 Å². The molecule has 2 nitrogen and oxygen atoms in total. The fraction of sp³-hybridized carbons (Fsp3) is 0.526. The fourth-order valence-electron chi connectivity index (χ4n) is 3.23. The Bertz CT molecular complexity index is 486. The Morgan fingerprint density at radius 2 is 1.95 bits per heavy atom. The number of allylic oxidation sites excluding steroid dienone is 1. The van der Waals surface area contributed by atoms with E-state index in [0.717, 1.165) is 31.5 Å². The summed E-state index contributed by atoms with van der Waals surface area (Å²) >= 11 is 0. The molecule has 0 N–H and O–H groups in total. The molecule has 1 saturated heterocycles. The van der Waals surface area contributed by atoms with Gasteiger partial charge in [-0.2, -0.15) is 0 Å². The second-order valence-corrected chi connectivity index (χ2v) is 7.28. The lowest BCUT2D eigenvalue weighted by molar-refractivity contribution is -0.121. The second kappa shape index (κ2) is 6.46. The van der Waals surface area contributed by atoms with Crippen molar-refractivity contribution in [1.29, 1.82) is 0 Å². The molecule has 1 aliphatic heterocycles. The van der Waals surface area contributed by atoms with Gasteiger partial charge in [-0.15, -0.1) is 6.58 Å². The summed E-state index contributed by atoms with van der Waals surface area (Å²) in [5, 5.41) is 0. The van der Waals surface area contributed by atoms with Crippen LogP contribution in [0.3, 0.4) is 0 Å². The van der Waals surface area contributed by atoms with E-state index in [1.165, 1.54) is 0 Å². The average molecular weight is 285 g/mol. The number of para-hydroxylation sites is 1. The molecular formula is C19H27NO. The molecule has 0 unspecified atom stereocenters. The van der Waals surface area contributed by atoms with Crippen molar-refractivity contribution in [3.63, 3.8) is 0 Å². The lowest BCUT2D eigenvalue weighted by Gasteiger charge is -2.25. The fourth-order valence-corrected chi connectivity index (χ4v) is 3.23. The minimum atomic E-state index is 0.144. The van der Waals surface area contributed by atoms with Crippen LogP contribution in [0.5, 0.6) is 0 Å². The molecule has 0 spiro atoms. The van der Waals surface area contributed by atoms with E-state index in [9.17, 15) is 4.79 Å². The summed E-state index contributed by atoms with van der Waals surface area (Å²) in [6, 6.07) is 10.0. The van der Waals surface area contributed by atoms with E-state index in [1.54, 1.807) is 0 Å². The summed E-state index contributed by atoms with van der Waals surface area (Å²) in [5.74, 6) is 0.880. The molecule has 21 heavy (non-hydrogen) atoms. The number of anilines is 1. The van der Waals surface area contributed by atoms with Crippen molar-refractivity contribution in [3.8, 4) is 0 Å². The van der Waals surface area contributed by atoms with Crippen molar-refractivity contribution in [2.75, 3.05) is 11.4 Å². The third-order valence-corrected chi connectivity index (χ3v) is 4.21. The quantitative estimate of drug-likeness (QED) is 0.720. The third-order valence-electron chi connectivity index (χ3n) is 4.21. The maximum atomic E-state index is 12.9. The third kappa shape index (κ3) is 3.96. The van der Waals surface area contributed by atoms with Crippen LogP contribution in [-0.4, -0.2) is 12.5 Å². The van der Waals surface area contributed by atoms with Crippen LogP contribution in [0.2, 0.25) is 0 Å². The number of carbonyl (C=O) groups is 1. The lowest BCUT2D eigenvalue weighted by atomic mass is 9.78. The molecular weight excluding hydrogens is 258 g/mol. The van der Waals surface area contributed by atoms with Crippen LogP contribution in [0.4, 0.5) is 5.69 Å². The molecule has 114 valence electrons. The second-order valence-electron chi connectivity index (χ2n) is 7.28. The van der Waals surface area contributed by atoms with Crippen LogP contribution >= 0.6 is 0 Å². The zero-order chi connectivity index (χ0) is 15.5. The predicted molar refractivity (Wildman–Crippen MR) is 89.3 cm³/mol. The van der Waals surface area contributed by atoms with Crippen molar-refractivity contribution in [1.82, 2.24) is 0 Å². The number of hydrogen-bond donors (Lipinski definition) is 0. The Balaban J connectivity index is 2.20. The maximum Gasteiger partial charge on any atom is 0.230 e. The van der Waals surface area contributed by atoms with E-state index in [4.69, 9.17) is 0 Å². The van der Waals surface area contributed by atoms with Crippen LogP contribution in [0, 0.1) is 17.3 Å². The first-order chi connectivity index (χ1) is 9.92. The van der Waals surface area contributed by atoms with Crippen LogP contribution in [0.25, 0.3) is 0 Å². The van der Waals surface area contributed by atoms with Gasteiger partial charge in [0.25, 0.3) is 0 Å². The summed E-state index contributed by atoms with van der Waals surface area (Å²) in [6.07, 6.45) is 4.96. The zero-order valence-corrected chi connectivity index (χ0v) is 13.5. The van der Waals surface area contributed by atoms with Gasteiger partial charge in [-0.25, -0.2) is 0 Å². The van der Waals surface area contributed by atoms with E-state index in [1.807, 2.05) is 41.3 Å². The molecule has 2 heteroatoms. The van der Waals surface area contributed by atoms with Crippen molar-refractivity contribution >= 4 is 11.6 Å².